The average Bonchev–Trinajstić information content (AvgIpc) is 3.32. The van der Waals surface area contributed by atoms with Gasteiger partial charge in [0.1, 0.15) is 17.7 Å². The van der Waals surface area contributed by atoms with Crippen LogP contribution in [0, 0.1) is 11.7 Å². The Labute approximate surface area is 233 Å². The van der Waals surface area contributed by atoms with Gasteiger partial charge in [0.25, 0.3) is 0 Å². The number of hydrogen-bond donors (Lipinski definition) is 3. The van der Waals surface area contributed by atoms with E-state index >= 15 is 0 Å². The van der Waals surface area contributed by atoms with Crippen molar-refractivity contribution in [2.45, 2.75) is 57.0 Å². The molecular formula is C32H35FN4O3. The number of carbonyl (C=O) groups excluding carboxylic acids is 2. The third-order valence-corrected chi connectivity index (χ3v) is 7.92. The molecule has 4 N–H and O–H groups in total. The summed E-state index contributed by atoms with van der Waals surface area (Å²) in [6.07, 6.45) is 4.93. The van der Waals surface area contributed by atoms with Gasteiger partial charge < -0.3 is 20.7 Å². The first-order chi connectivity index (χ1) is 19.4. The number of amides is 2. The molecule has 208 valence electrons. The molecule has 3 atom stereocenters. The number of imidazole rings is 1. The van der Waals surface area contributed by atoms with Gasteiger partial charge in [0.05, 0.1) is 11.0 Å². The van der Waals surface area contributed by atoms with Gasteiger partial charge in [-0.2, -0.15) is 0 Å². The standard InChI is InChI=1S/C32H35FN4O3/c33-24-17-15-23(16-18-24)30(31(34)39)36-32(40)26-7-2-1-6-25(26)22-13-11-21(12-14-22)20-37-28-9-4-3-8-27(28)35-29(37)10-5-19-38/h3-4,8-9,11-18,25-26,30,38H,1-2,5-7,10,19-20H2,(H2,34,39)(H,36,40)/t25?,26-,30+/m1/s1. The van der Waals surface area contributed by atoms with Gasteiger partial charge in [-0.25, -0.2) is 9.37 Å². The first-order valence-corrected chi connectivity index (χ1v) is 13.9. The summed E-state index contributed by atoms with van der Waals surface area (Å²) in [7, 11) is 0. The van der Waals surface area contributed by atoms with Crippen molar-refractivity contribution in [3.63, 3.8) is 0 Å². The number of fused-ring (bicyclic) bond motifs is 1. The Morgan fingerprint density at radius 2 is 1.75 bits per heavy atom. The quantitative estimate of drug-likeness (QED) is 0.268. The Balaban J connectivity index is 1.33. The van der Waals surface area contributed by atoms with Gasteiger partial charge in [0.15, 0.2) is 0 Å². The van der Waals surface area contributed by atoms with E-state index in [2.05, 4.69) is 40.2 Å². The molecular weight excluding hydrogens is 507 g/mol. The van der Waals surface area contributed by atoms with Crippen molar-refractivity contribution < 1.29 is 19.1 Å². The SMILES string of the molecule is NC(=O)[C@@H](NC(=O)[C@@H]1CCCCC1c1ccc(Cn2c(CCCO)nc3ccccc32)cc1)c1ccc(F)cc1. The van der Waals surface area contributed by atoms with Crippen LogP contribution in [0.3, 0.4) is 0 Å². The van der Waals surface area contributed by atoms with Gasteiger partial charge in [-0.05, 0) is 66.1 Å². The van der Waals surface area contributed by atoms with E-state index in [0.717, 1.165) is 53.7 Å². The lowest BCUT2D eigenvalue weighted by atomic mass is 9.74. The normalized spacial score (nSPS) is 17.9. The Hall–Kier alpha value is -4.04. The molecule has 7 nitrogen and oxygen atoms in total. The van der Waals surface area contributed by atoms with E-state index in [1.165, 1.54) is 24.3 Å². The fourth-order valence-electron chi connectivity index (χ4n) is 5.85. The monoisotopic (exact) mass is 542 g/mol. The van der Waals surface area contributed by atoms with Crippen molar-refractivity contribution in [3.8, 4) is 0 Å². The van der Waals surface area contributed by atoms with Crippen LogP contribution in [0.1, 0.15) is 66.6 Å². The van der Waals surface area contributed by atoms with E-state index in [1.54, 1.807) is 0 Å². The summed E-state index contributed by atoms with van der Waals surface area (Å²) < 4.78 is 15.6. The van der Waals surface area contributed by atoms with E-state index in [4.69, 9.17) is 10.7 Å². The smallest absolute Gasteiger partial charge is 0.244 e. The number of nitrogens with zero attached hydrogens (tertiary/aromatic N) is 2. The van der Waals surface area contributed by atoms with Crippen molar-refractivity contribution in [3.05, 3.63) is 101 Å². The van der Waals surface area contributed by atoms with Crippen LogP contribution in [0.4, 0.5) is 4.39 Å². The van der Waals surface area contributed by atoms with Gasteiger partial charge >= 0.3 is 0 Å². The number of aryl methyl sites for hydroxylation is 1. The number of aliphatic hydroxyl groups excluding tert-OH is 1. The molecule has 0 aliphatic heterocycles. The third-order valence-electron chi connectivity index (χ3n) is 7.92. The zero-order chi connectivity index (χ0) is 28.1. The average molecular weight is 543 g/mol. The summed E-state index contributed by atoms with van der Waals surface area (Å²) in [4.78, 5) is 30.4. The fourth-order valence-corrected chi connectivity index (χ4v) is 5.85. The number of benzene rings is 3. The highest BCUT2D eigenvalue weighted by molar-refractivity contribution is 5.89. The Kier molecular flexibility index (Phi) is 8.55. The number of rotatable bonds is 10. The zero-order valence-electron chi connectivity index (χ0n) is 22.4. The lowest BCUT2D eigenvalue weighted by molar-refractivity contribution is -0.131. The van der Waals surface area contributed by atoms with Gasteiger partial charge in [0, 0.05) is 25.5 Å². The minimum atomic E-state index is -1.01. The topological polar surface area (TPSA) is 110 Å². The number of nitrogens with one attached hydrogen (secondary N) is 1. The Morgan fingerprint density at radius 3 is 2.48 bits per heavy atom. The number of primary amides is 1. The second kappa shape index (κ2) is 12.4. The predicted octanol–water partition coefficient (Wildman–Crippen LogP) is 4.77. The van der Waals surface area contributed by atoms with E-state index in [1.807, 2.05) is 18.2 Å². The molecule has 3 aromatic carbocycles. The summed E-state index contributed by atoms with van der Waals surface area (Å²) in [5, 5.41) is 12.2. The van der Waals surface area contributed by atoms with Crippen LogP contribution in [0.15, 0.2) is 72.8 Å². The third kappa shape index (κ3) is 6.07. The minimum absolute atomic E-state index is 0.0266. The zero-order valence-corrected chi connectivity index (χ0v) is 22.4. The highest BCUT2D eigenvalue weighted by atomic mass is 19.1. The molecule has 1 aromatic heterocycles. The highest BCUT2D eigenvalue weighted by Crippen LogP contribution is 2.38. The van der Waals surface area contributed by atoms with Crippen molar-refractivity contribution in [1.82, 2.24) is 14.9 Å². The van der Waals surface area contributed by atoms with Crippen molar-refractivity contribution in [1.29, 1.82) is 0 Å². The summed E-state index contributed by atoms with van der Waals surface area (Å²) in [5.74, 6) is -0.615. The molecule has 1 unspecified atom stereocenters. The van der Waals surface area contributed by atoms with Crippen molar-refractivity contribution in [2.24, 2.45) is 11.7 Å². The predicted molar refractivity (Wildman–Crippen MR) is 152 cm³/mol. The molecule has 0 saturated heterocycles. The number of halogens is 1. The van der Waals surface area contributed by atoms with Crippen molar-refractivity contribution >= 4 is 22.8 Å². The van der Waals surface area contributed by atoms with Crippen LogP contribution in [0.5, 0.6) is 0 Å². The van der Waals surface area contributed by atoms with Crippen LogP contribution in [-0.2, 0) is 22.6 Å². The van der Waals surface area contributed by atoms with Crippen LogP contribution >= 0.6 is 0 Å². The first-order valence-electron chi connectivity index (χ1n) is 13.9. The summed E-state index contributed by atoms with van der Waals surface area (Å²) in [6.45, 7) is 0.784. The van der Waals surface area contributed by atoms with Crippen LogP contribution < -0.4 is 11.1 Å². The summed E-state index contributed by atoms with van der Waals surface area (Å²) >= 11 is 0. The Bertz CT molecular complexity index is 1470. The summed E-state index contributed by atoms with van der Waals surface area (Å²) in [5.41, 5.74) is 10.3. The molecule has 1 heterocycles. The van der Waals surface area contributed by atoms with Gasteiger partial charge in [0.2, 0.25) is 11.8 Å². The first kappa shape index (κ1) is 27.5. The lowest BCUT2D eigenvalue weighted by Crippen LogP contribution is -2.42. The van der Waals surface area contributed by atoms with E-state index < -0.39 is 17.8 Å². The van der Waals surface area contributed by atoms with E-state index in [9.17, 15) is 19.1 Å². The van der Waals surface area contributed by atoms with Gasteiger partial charge in [-0.1, -0.05) is 61.4 Å². The molecule has 0 bridgehead atoms. The molecule has 4 aromatic rings. The number of aromatic nitrogens is 2. The molecule has 8 heteroatoms. The molecule has 5 rings (SSSR count). The number of nitrogens with two attached hydrogens (primary N) is 1. The molecule has 0 spiro atoms. The fraction of sp³-hybridized carbons (Fsp3) is 0.344. The van der Waals surface area contributed by atoms with Crippen LogP contribution in [-0.4, -0.2) is 33.1 Å². The second-order valence-corrected chi connectivity index (χ2v) is 10.6. The molecule has 1 saturated carbocycles. The summed E-state index contributed by atoms with van der Waals surface area (Å²) in [6, 6.07) is 20.9. The van der Waals surface area contributed by atoms with Crippen LogP contribution in [0.25, 0.3) is 11.0 Å². The van der Waals surface area contributed by atoms with E-state index in [0.29, 0.717) is 24.9 Å². The maximum Gasteiger partial charge on any atom is 0.244 e. The number of hydrogen-bond acceptors (Lipinski definition) is 4. The largest absolute Gasteiger partial charge is 0.396 e. The van der Waals surface area contributed by atoms with E-state index in [-0.39, 0.29) is 24.3 Å². The van der Waals surface area contributed by atoms with Gasteiger partial charge in [-0.3, -0.25) is 9.59 Å². The lowest BCUT2D eigenvalue weighted by Gasteiger charge is -2.32. The number of para-hydroxylation sites is 2. The highest BCUT2D eigenvalue weighted by Gasteiger charge is 2.34. The maximum atomic E-state index is 13.4. The Morgan fingerprint density at radius 1 is 1.02 bits per heavy atom. The molecule has 1 fully saturated rings. The molecule has 0 radical (unpaired) electrons. The number of carbonyl (C=O) groups is 2. The maximum absolute atomic E-state index is 13.4. The molecule has 1 aliphatic rings. The molecule has 40 heavy (non-hydrogen) atoms. The minimum Gasteiger partial charge on any atom is -0.396 e. The molecule has 2 amide bonds. The number of aliphatic hydroxyl groups is 1. The second-order valence-electron chi connectivity index (χ2n) is 10.6. The van der Waals surface area contributed by atoms with Gasteiger partial charge in [-0.15, -0.1) is 0 Å². The van der Waals surface area contributed by atoms with Crippen molar-refractivity contribution in [2.75, 3.05) is 6.61 Å². The van der Waals surface area contributed by atoms with Crippen LogP contribution in [0.2, 0.25) is 0 Å². The molecule has 1 aliphatic carbocycles.